The Kier molecular flexibility index (Phi) is 4.98. The molecule has 0 saturated carbocycles. The Morgan fingerprint density at radius 2 is 1.61 bits per heavy atom. The summed E-state index contributed by atoms with van der Waals surface area (Å²) in [6.07, 6.45) is -0.240. The largest absolute Gasteiger partial charge is 0.508 e. The van der Waals surface area contributed by atoms with E-state index in [4.69, 9.17) is 10.5 Å². The summed E-state index contributed by atoms with van der Waals surface area (Å²) in [6, 6.07) is 14.7. The summed E-state index contributed by atoms with van der Waals surface area (Å²) >= 11 is 0. The lowest BCUT2D eigenvalue weighted by molar-refractivity contribution is -0.161. The molecule has 0 bridgehead atoms. The lowest BCUT2D eigenvalue weighted by atomic mass is 9.92. The maximum absolute atomic E-state index is 12.2. The maximum Gasteiger partial charge on any atom is 0.338 e. The molecule has 120 valence electrons. The lowest BCUT2D eigenvalue weighted by Gasteiger charge is -2.22. The predicted octanol–water partition coefficient (Wildman–Crippen LogP) is 1.46. The van der Waals surface area contributed by atoms with Crippen molar-refractivity contribution in [1.82, 2.24) is 0 Å². The summed E-state index contributed by atoms with van der Waals surface area (Å²) in [5.41, 5.74) is 4.83. The summed E-state index contributed by atoms with van der Waals surface area (Å²) in [5, 5.41) is 18.6. The minimum absolute atomic E-state index is 0.0401. The molecule has 0 fully saturated rings. The highest BCUT2D eigenvalue weighted by Gasteiger charge is 2.44. The van der Waals surface area contributed by atoms with Gasteiger partial charge in [-0.1, -0.05) is 42.5 Å². The van der Waals surface area contributed by atoms with Gasteiger partial charge in [0, 0.05) is 6.42 Å². The van der Waals surface area contributed by atoms with Crippen LogP contribution in [0.3, 0.4) is 0 Å². The number of carbonyl (C=O) groups is 2. The first kappa shape index (κ1) is 16.5. The van der Waals surface area contributed by atoms with Gasteiger partial charge in [-0.2, -0.15) is 0 Å². The molecule has 1 atom stereocenters. The molecule has 6 nitrogen and oxygen atoms in total. The highest BCUT2D eigenvalue weighted by Crippen LogP contribution is 2.17. The van der Waals surface area contributed by atoms with Crippen LogP contribution in [0.4, 0.5) is 0 Å². The molecular weight excluding hydrogens is 298 g/mol. The van der Waals surface area contributed by atoms with Crippen LogP contribution >= 0.6 is 0 Å². The van der Waals surface area contributed by atoms with Gasteiger partial charge in [-0.05, 0) is 23.3 Å². The topological polar surface area (TPSA) is 110 Å². The number of rotatable bonds is 6. The second-order valence-electron chi connectivity index (χ2n) is 5.18. The van der Waals surface area contributed by atoms with E-state index in [2.05, 4.69) is 0 Å². The van der Waals surface area contributed by atoms with Crippen molar-refractivity contribution < 1.29 is 24.5 Å². The number of hydrogen-bond acceptors (Lipinski definition) is 5. The van der Waals surface area contributed by atoms with Gasteiger partial charge >= 0.3 is 11.9 Å². The molecule has 0 aliphatic carbocycles. The molecule has 0 spiro atoms. The Hall–Kier alpha value is -2.86. The second kappa shape index (κ2) is 6.93. The van der Waals surface area contributed by atoms with Crippen molar-refractivity contribution in [3.05, 3.63) is 65.7 Å². The van der Waals surface area contributed by atoms with Gasteiger partial charge in [-0.3, -0.25) is 0 Å². The summed E-state index contributed by atoms with van der Waals surface area (Å²) in [7, 11) is 0. The molecule has 0 heterocycles. The second-order valence-corrected chi connectivity index (χ2v) is 5.18. The Balaban J connectivity index is 2.10. The molecule has 0 radical (unpaired) electrons. The SMILES string of the molecule is N[C@@](Cc1ccc(O)cc1)(C(=O)O)C(=O)OCc1ccccc1. The zero-order valence-electron chi connectivity index (χ0n) is 12.3. The smallest absolute Gasteiger partial charge is 0.338 e. The number of carbonyl (C=O) groups excluding carboxylic acids is 1. The van der Waals surface area contributed by atoms with Gasteiger partial charge in [0.05, 0.1) is 0 Å². The third-order valence-electron chi connectivity index (χ3n) is 3.38. The van der Waals surface area contributed by atoms with E-state index in [1.54, 1.807) is 24.3 Å². The Morgan fingerprint density at radius 1 is 1.00 bits per heavy atom. The summed E-state index contributed by atoms with van der Waals surface area (Å²) in [5.74, 6) is -2.44. The van der Waals surface area contributed by atoms with Crippen LogP contribution in [0, 0.1) is 0 Å². The molecule has 2 rings (SSSR count). The molecular formula is C17H17NO5. The number of esters is 1. The maximum atomic E-state index is 12.2. The fourth-order valence-electron chi connectivity index (χ4n) is 2.02. The van der Waals surface area contributed by atoms with Gasteiger partial charge in [0.25, 0.3) is 0 Å². The molecule has 0 amide bonds. The van der Waals surface area contributed by atoms with Crippen LogP contribution in [0.2, 0.25) is 0 Å². The highest BCUT2D eigenvalue weighted by atomic mass is 16.5. The number of aromatic hydroxyl groups is 1. The number of phenolic OH excluding ortho intramolecular Hbond substituents is 1. The molecule has 2 aromatic carbocycles. The van der Waals surface area contributed by atoms with Crippen LogP contribution in [0.1, 0.15) is 11.1 Å². The molecule has 0 aliphatic heterocycles. The standard InChI is InChI=1S/C17H17NO5/c18-17(15(20)21,10-12-6-8-14(19)9-7-12)16(22)23-11-13-4-2-1-3-5-13/h1-9,19H,10-11,18H2,(H,20,21)/t17-/m0/s1. The highest BCUT2D eigenvalue weighted by molar-refractivity contribution is 6.04. The van der Waals surface area contributed by atoms with E-state index in [-0.39, 0.29) is 18.8 Å². The van der Waals surface area contributed by atoms with Crippen LogP contribution in [-0.4, -0.2) is 27.7 Å². The summed E-state index contributed by atoms with van der Waals surface area (Å²) in [6.45, 7) is -0.0541. The van der Waals surface area contributed by atoms with Gasteiger partial charge in [-0.25, -0.2) is 9.59 Å². The van der Waals surface area contributed by atoms with Gasteiger partial charge in [-0.15, -0.1) is 0 Å². The molecule has 0 aliphatic rings. The van der Waals surface area contributed by atoms with Crippen molar-refractivity contribution in [1.29, 1.82) is 0 Å². The fraction of sp³-hybridized carbons (Fsp3) is 0.176. The van der Waals surface area contributed by atoms with E-state index in [0.717, 1.165) is 5.56 Å². The van der Waals surface area contributed by atoms with E-state index in [1.807, 2.05) is 6.07 Å². The summed E-state index contributed by atoms with van der Waals surface area (Å²) in [4.78, 5) is 23.6. The molecule has 0 unspecified atom stereocenters. The number of phenols is 1. The number of aliphatic carboxylic acids is 1. The van der Waals surface area contributed by atoms with E-state index >= 15 is 0 Å². The normalized spacial score (nSPS) is 13.1. The molecule has 0 saturated heterocycles. The number of hydrogen-bond donors (Lipinski definition) is 3. The minimum Gasteiger partial charge on any atom is -0.508 e. The van der Waals surface area contributed by atoms with Crippen molar-refractivity contribution in [2.45, 2.75) is 18.6 Å². The van der Waals surface area contributed by atoms with Crippen molar-refractivity contribution in [2.24, 2.45) is 5.73 Å². The average molecular weight is 315 g/mol. The van der Waals surface area contributed by atoms with Gasteiger partial charge < -0.3 is 20.7 Å². The number of nitrogens with two attached hydrogens (primary N) is 1. The molecule has 0 aromatic heterocycles. The minimum atomic E-state index is -2.19. The first-order valence-electron chi connectivity index (χ1n) is 6.93. The summed E-state index contributed by atoms with van der Waals surface area (Å²) < 4.78 is 5.06. The van der Waals surface area contributed by atoms with E-state index < -0.39 is 17.5 Å². The quantitative estimate of drug-likeness (QED) is 0.550. The first-order valence-corrected chi connectivity index (χ1v) is 6.93. The van der Waals surface area contributed by atoms with Crippen LogP contribution in [0.5, 0.6) is 5.75 Å². The van der Waals surface area contributed by atoms with Crippen molar-refractivity contribution in [2.75, 3.05) is 0 Å². The van der Waals surface area contributed by atoms with E-state index in [1.165, 1.54) is 24.3 Å². The van der Waals surface area contributed by atoms with Crippen LogP contribution in [0.15, 0.2) is 54.6 Å². The van der Waals surface area contributed by atoms with E-state index in [9.17, 15) is 19.8 Å². The van der Waals surface area contributed by atoms with Crippen LogP contribution in [0.25, 0.3) is 0 Å². The van der Waals surface area contributed by atoms with Crippen LogP contribution < -0.4 is 5.73 Å². The third kappa shape index (κ3) is 4.08. The van der Waals surface area contributed by atoms with Crippen LogP contribution in [-0.2, 0) is 27.4 Å². The average Bonchev–Trinajstić information content (AvgIpc) is 2.55. The zero-order chi connectivity index (χ0) is 16.9. The lowest BCUT2D eigenvalue weighted by Crippen LogP contribution is -2.57. The zero-order valence-corrected chi connectivity index (χ0v) is 12.3. The third-order valence-corrected chi connectivity index (χ3v) is 3.38. The van der Waals surface area contributed by atoms with Crippen molar-refractivity contribution in [3.8, 4) is 5.75 Å². The number of ether oxygens (including phenoxy) is 1. The van der Waals surface area contributed by atoms with Crippen molar-refractivity contribution >= 4 is 11.9 Å². The predicted molar refractivity (Wildman–Crippen MR) is 82.6 cm³/mol. The van der Waals surface area contributed by atoms with E-state index in [0.29, 0.717) is 5.56 Å². The first-order chi connectivity index (χ1) is 10.9. The number of benzene rings is 2. The molecule has 6 heteroatoms. The number of carboxylic acid groups (broad SMARTS) is 1. The Bertz CT molecular complexity index is 684. The monoisotopic (exact) mass is 315 g/mol. The fourth-order valence-corrected chi connectivity index (χ4v) is 2.02. The van der Waals surface area contributed by atoms with Gasteiger partial charge in [0.1, 0.15) is 12.4 Å². The van der Waals surface area contributed by atoms with Gasteiger partial charge in [0.15, 0.2) is 0 Å². The Morgan fingerprint density at radius 3 is 2.17 bits per heavy atom. The molecule has 23 heavy (non-hydrogen) atoms. The van der Waals surface area contributed by atoms with Gasteiger partial charge in [0.2, 0.25) is 5.54 Å². The molecule has 4 N–H and O–H groups in total. The Labute approximate surface area is 133 Å². The molecule has 2 aromatic rings. The van der Waals surface area contributed by atoms with Crippen molar-refractivity contribution in [3.63, 3.8) is 0 Å². The number of carboxylic acids is 1.